The molecule has 0 spiro atoms. The van der Waals surface area contributed by atoms with Gasteiger partial charge in [-0.1, -0.05) is 6.42 Å². The van der Waals surface area contributed by atoms with Gasteiger partial charge in [-0.3, -0.25) is 10.1 Å². The topological polar surface area (TPSA) is 92.7 Å². The molecule has 1 aliphatic carbocycles. The standard InChI is InChI=1S/C15H22N4O3S/c20-15(18-12-4-5-12)11-17-14-7-6-13(10-16-14)23(21,22)19-8-2-1-3-9-19/h6-7,10,12H,1-5,8-9,11H2,(H,16,17)(H,18,20)/p+1. The highest BCUT2D eigenvalue weighted by atomic mass is 32.2. The second kappa shape index (κ2) is 6.84. The van der Waals surface area contributed by atoms with Crippen molar-refractivity contribution in [2.75, 3.05) is 25.0 Å². The van der Waals surface area contributed by atoms with Gasteiger partial charge in [0.25, 0.3) is 11.7 Å². The Morgan fingerprint density at radius 3 is 2.57 bits per heavy atom. The molecule has 23 heavy (non-hydrogen) atoms. The fraction of sp³-hybridized carbons (Fsp3) is 0.600. The van der Waals surface area contributed by atoms with Gasteiger partial charge in [0.1, 0.15) is 11.1 Å². The predicted molar refractivity (Wildman–Crippen MR) is 85.3 cm³/mol. The van der Waals surface area contributed by atoms with Crippen LogP contribution in [0.15, 0.2) is 23.2 Å². The first-order chi connectivity index (χ1) is 11.1. The van der Waals surface area contributed by atoms with Gasteiger partial charge < -0.3 is 5.32 Å². The van der Waals surface area contributed by atoms with Crippen molar-refractivity contribution in [3.8, 4) is 0 Å². The third kappa shape index (κ3) is 4.20. The molecule has 0 aromatic carbocycles. The van der Waals surface area contributed by atoms with E-state index < -0.39 is 10.0 Å². The number of nitrogens with one attached hydrogen (secondary N) is 3. The first-order valence-electron chi connectivity index (χ1n) is 8.11. The molecule has 0 atom stereocenters. The molecule has 0 radical (unpaired) electrons. The highest BCUT2D eigenvalue weighted by Gasteiger charge is 2.27. The number of pyridine rings is 1. The Labute approximate surface area is 136 Å². The smallest absolute Gasteiger partial charge is 0.272 e. The van der Waals surface area contributed by atoms with E-state index in [-0.39, 0.29) is 17.3 Å². The van der Waals surface area contributed by atoms with Crippen molar-refractivity contribution in [2.45, 2.75) is 43.0 Å². The van der Waals surface area contributed by atoms with E-state index in [1.165, 1.54) is 10.5 Å². The van der Waals surface area contributed by atoms with E-state index in [1.54, 1.807) is 12.1 Å². The van der Waals surface area contributed by atoms with Crippen LogP contribution >= 0.6 is 0 Å². The van der Waals surface area contributed by atoms with Gasteiger partial charge in [-0.05, 0) is 31.7 Å². The highest BCUT2D eigenvalue weighted by Crippen LogP contribution is 2.20. The van der Waals surface area contributed by atoms with E-state index in [9.17, 15) is 13.2 Å². The maximum Gasteiger partial charge on any atom is 0.272 e. The maximum atomic E-state index is 12.5. The molecule has 126 valence electrons. The van der Waals surface area contributed by atoms with Crippen molar-refractivity contribution >= 4 is 21.7 Å². The SMILES string of the molecule is O=C(CNc1ccc(S(=O)(=O)N2CCCCC2)c[nH+]1)NC1CC1. The number of hydrogen-bond acceptors (Lipinski definition) is 4. The minimum Gasteiger partial charge on any atom is -0.350 e. The van der Waals surface area contributed by atoms with Crippen molar-refractivity contribution in [1.82, 2.24) is 9.62 Å². The number of sulfonamides is 1. The van der Waals surface area contributed by atoms with Crippen LogP contribution in [-0.2, 0) is 14.8 Å². The van der Waals surface area contributed by atoms with Crippen molar-refractivity contribution in [1.29, 1.82) is 0 Å². The van der Waals surface area contributed by atoms with Gasteiger partial charge in [-0.15, -0.1) is 0 Å². The molecule has 3 rings (SSSR count). The van der Waals surface area contributed by atoms with E-state index in [4.69, 9.17) is 0 Å². The Balaban J connectivity index is 1.58. The van der Waals surface area contributed by atoms with Gasteiger partial charge in [0.05, 0.1) is 0 Å². The fourth-order valence-electron chi connectivity index (χ4n) is 2.62. The number of carbonyl (C=O) groups excluding carboxylic acids is 1. The molecule has 1 aromatic rings. The van der Waals surface area contributed by atoms with E-state index in [0.717, 1.165) is 32.1 Å². The lowest BCUT2D eigenvalue weighted by Crippen LogP contribution is -2.36. The lowest BCUT2D eigenvalue weighted by molar-refractivity contribution is -0.364. The monoisotopic (exact) mass is 339 g/mol. The minimum atomic E-state index is -3.42. The number of carbonyl (C=O) groups is 1. The number of anilines is 1. The summed E-state index contributed by atoms with van der Waals surface area (Å²) in [6.45, 7) is 1.35. The third-order valence-electron chi connectivity index (χ3n) is 4.12. The molecule has 0 unspecified atom stereocenters. The zero-order chi connectivity index (χ0) is 16.3. The molecule has 7 nitrogen and oxygen atoms in total. The predicted octanol–water partition coefficient (Wildman–Crippen LogP) is 0.366. The summed E-state index contributed by atoms with van der Waals surface area (Å²) in [6, 6.07) is 3.56. The van der Waals surface area contributed by atoms with Crippen molar-refractivity contribution in [2.24, 2.45) is 0 Å². The zero-order valence-electron chi connectivity index (χ0n) is 13.0. The largest absolute Gasteiger partial charge is 0.350 e. The second-order valence-electron chi connectivity index (χ2n) is 6.10. The summed E-state index contributed by atoms with van der Waals surface area (Å²) in [6.07, 6.45) is 6.51. The lowest BCUT2D eigenvalue weighted by Gasteiger charge is -2.25. The van der Waals surface area contributed by atoms with Crippen LogP contribution in [0.3, 0.4) is 0 Å². The number of aromatic amines is 1. The van der Waals surface area contributed by atoms with Crippen LogP contribution in [0.5, 0.6) is 0 Å². The Bertz CT molecular complexity index is 650. The Morgan fingerprint density at radius 2 is 1.96 bits per heavy atom. The van der Waals surface area contributed by atoms with Crippen LogP contribution in [0.2, 0.25) is 0 Å². The molecule has 2 heterocycles. The summed E-state index contributed by atoms with van der Waals surface area (Å²) in [5.41, 5.74) is 0. The summed E-state index contributed by atoms with van der Waals surface area (Å²) in [7, 11) is -3.42. The number of aromatic nitrogens is 1. The molecule has 3 N–H and O–H groups in total. The number of piperidine rings is 1. The second-order valence-corrected chi connectivity index (χ2v) is 8.04. The van der Waals surface area contributed by atoms with Crippen LogP contribution in [0.25, 0.3) is 0 Å². The lowest BCUT2D eigenvalue weighted by atomic mass is 10.2. The minimum absolute atomic E-state index is 0.0501. The number of rotatable bonds is 6. The number of amides is 1. The van der Waals surface area contributed by atoms with Crippen LogP contribution in [-0.4, -0.2) is 44.3 Å². The van der Waals surface area contributed by atoms with E-state index in [0.29, 0.717) is 24.9 Å². The van der Waals surface area contributed by atoms with Gasteiger partial charge in [-0.2, -0.15) is 4.31 Å². The zero-order valence-corrected chi connectivity index (χ0v) is 13.9. The quantitative estimate of drug-likeness (QED) is 0.783. The summed E-state index contributed by atoms with van der Waals surface area (Å²) in [5, 5.41) is 5.84. The molecule has 1 saturated heterocycles. The first kappa shape index (κ1) is 16.2. The average molecular weight is 339 g/mol. The Hall–Kier alpha value is -1.67. The molecule has 1 amide bonds. The van der Waals surface area contributed by atoms with Crippen LogP contribution in [0.1, 0.15) is 32.1 Å². The molecule has 8 heteroatoms. The van der Waals surface area contributed by atoms with Gasteiger partial charge >= 0.3 is 0 Å². The van der Waals surface area contributed by atoms with E-state index in [2.05, 4.69) is 15.6 Å². The molecule has 1 aromatic heterocycles. The molecule has 1 aliphatic heterocycles. The summed E-state index contributed by atoms with van der Waals surface area (Å²) in [4.78, 5) is 14.8. The summed E-state index contributed by atoms with van der Waals surface area (Å²) in [5.74, 6) is 0.569. The van der Waals surface area contributed by atoms with E-state index in [1.807, 2.05) is 0 Å². The van der Waals surface area contributed by atoms with Gasteiger partial charge in [-0.25, -0.2) is 13.4 Å². The molecular weight excluding hydrogens is 316 g/mol. The van der Waals surface area contributed by atoms with Gasteiger partial charge in [0, 0.05) is 25.2 Å². The highest BCUT2D eigenvalue weighted by molar-refractivity contribution is 7.89. The summed E-state index contributed by atoms with van der Waals surface area (Å²) >= 11 is 0. The van der Waals surface area contributed by atoms with Crippen molar-refractivity contribution < 1.29 is 18.2 Å². The van der Waals surface area contributed by atoms with Crippen molar-refractivity contribution in [3.05, 3.63) is 18.3 Å². The fourth-order valence-corrected chi connectivity index (χ4v) is 4.10. The van der Waals surface area contributed by atoms with Crippen LogP contribution in [0, 0.1) is 0 Å². The number of nitrogens with zero attached hydrogens (tertiary/aromatic N) is 1. The number of hydrogen-bond donors (Lipinski definition) is 2. The normalized spacial score (nSPS) is 19.3. The molecule has 2 aliphatic rings. The van der Waals surface area contributed by atoms with Crippen LogP contribution in [0.4, 0.5) is 5.82 Å². The third-order valence-corrected chi connectivity index (χ3v) is 6.01. The molecule has 1 saturated carbocycles. The maximum absolute atomic E-state index is 12.5. The van der Waals surface area contributed by atoms with Crippen molar-refractivity contribution in [3.63, 3.8) is 0 Å². The van der Waals surface area contributed by atoms with Gasteiger partial charge in [0.15, 0.2) is 6.54 Å². The van der Waals surface area contributed by atoms with Gasteiger partial charge in [0.2, 0.25) is 10.0 Å². The summed E-state index contributed by atoms with van der Waals surface area (Å²) < 4.78 is 26.6. The Morgan fingerprint density at radius 1 is 1.22 bits per heavy atom. The Kier molecular flexibility index (Phi) is 4.82. The molecular formula is C15H23N4O3S+. The van der Waals surface area contributed by atoms with E-state index >= 15 is 0 Å². The molecule has 2 fully saturated rings. The average Bonchev–Trinajstić information content (AvgIpc) is 3.38. The van der Waals surface area contributed by atoms with Crippen LogP contribution < -0.4 is 15.6 Å². The molecule has 0 bridgehead atoms. The first-order valence-corrected chi connectivity index (χ1v) is 9.55. The number of H-pyrrole nitrogens is 1.